The predicted molar refractivity (Wildman–Crippen MR) is 55.0 cm³/mol. The molecular weight excluding hydrogens is 215 g/mol. The van der Waals surface area contributed by atoms with E-state index in [4.69, 9.17) is 5.73 Å². The second-order valence-electron chi connectivity index (χ2n) is 2.91. The molecule has 86 valence electrons. The van der Waals surface area contributed by atoms with Gasteiger partial charge in [0.05, 0.1) is 12.1 Å². The van der Waals surface area contributed by atoms with E-state index >= 15 is 0 Å². The van der Waals surface area contributed by atoms with Crippen LogP contribution in [0, 0.1) is 5.82 Å². The fourth-order valence-corrected chi connectivity index (χ4v) is 0.979. The largest absolute Gasteiger partial charge is 0.381 e. The van der Waals surface area contributed by atoms with E-state index in [-0.39, 0.29) is 23.8 Å². The van der Waals surface area contributed by atoms with Crippen LogP contribution in [0.3, 0.4) is 0 Å². The number of aromatic nitrogens is 1. The van der Waals surface area contributed by atoms with E-state index in [2.05, 4.69) is 15.6 Å². The second-order valence-corrected chi connectivity index (χ2v) is 2.91. The highest BCUT2D eigenvalue weighted by Crippen LogP contribution is 2.11. The van der Waals surface area contributed by atoms with Crippen molar-refractivity contribution in [3.05, 3.63) is 23.6 Å². The summed E-state index contributed by atoms with van der Waals surface area (Å²) in [7, 11) is 1.43. The van der Waals surface area contributed by atoms with Gasteiger partial charge in [-0.25, -0.2) is 9.37 Å². The number of nitrogens with zero attached hydrogens (tertiary/aromatic N) is 1. The number of hydrogen-bond donors (Lipinski definition) is 3. The number of likely N-dealkylation sites (N-methyl/N-ethyl adjacent to an activating group) is 1. The number of anilines is 1. The molecule has 0 saturated heterocycles. The maximum atomic E-state index is 13.3. The molecule has 16 heavy (non-hydrogen) atoms. The Balaban J connectivity index is 2.74. The van der Waals surface area contributed by atoms with Crippen molar-refractivity contribution in [2.45, 2.75) is 0 Å². The third-order valence-corrected chi connectivity index (χ3v) is 1.85. The van der Waals surface area contributed by atoms with Gasteiger partial charge in [0, 0.05) is 13.2 Å². The van der Waals surface area contributed by atoms with Crippen LogP contribution in [0.5, 0.6) is 0 Å². The molecule has 0 fully saturated rings. The summed E-state index contributed by atoms with van der Waals surface area (Å²) in [6, 6.07) is 1.19. The summed E-state index contributed by atoms with van der Waals surface area (Å²) in [6.45, 7) is -0.225. The molecule has 0 aliphatic heterocycles. The first-order chi connectivity index (χ1) is 7.56. The van der Waals surface area contributed by atoms with E-state index in [1.807, 2.05) is 0 Å². The first-order valence-electron chi connectivity index (χ1n) is 4.45. The minimum Gasteiger partial charge on any atom is -0.381 e. The Morgan fingerprint density at radius 2 is 2.25 bits per heavy atom. The monoisotopic (exact) mass is 226 g/mol. The number of pyridine rings is 1. The highest BCUT2D eigenvalue weighted by atomic mass is 19.1. The lowest BCUT2D eigenvalue weighted by atomic mass is 10.2. The first kappa shape index (κ1) is 11.9. The highest BCUT2D eigenvalue weighted by molar-refractivity contribution is 5.97. The number of carbonyl (C=O) groups is 2. The summed E-state index contributed by atoms with van der Waals surface area (Å²) in [4.78, 5) is 25.7. The topological polar surface area (TPSA) is 97.1 Å². The Bertz CT molecular complexity index is 422. The summed E-state index contributed by atoms with van der Waals surface area (Å²) in [5.41, 5.74) is 4.96. The lowest BCUT2D eigenvalue weighted by Gasteiger charge is -2.05. The number of nitrogen functional groups attached to an aromatic ring is 1. The molecule has 0 atom stereocenters. The smallest absolute Gasteiger partial charge is 0.254 e. The molecule has 0 radical (unpaired) electrons. The van der Waals surface area contributed by atoms with Gasteiger partial charge in [0.1, 0.15) is 0 Å². The van der Waals surface area contributed by atoms with Crippen molar-refractivity contribution in [1.82, 2.24) is 15.6 Å². The zero-order chi connectivity index (χ0) is 12.1. The van der Waals surface area contributed by atoms with Crippen LogP contribution in [-0.4, -0.2) is 30.4 Å². The SMILES string of the molecule is CNC(=O)CNC(=O)c1ccnc(N)c1F. The Hall–Kier alpha value is -2.18. The van der Waals surface area contributed by atoms with E-state index in [9.17, 15) is 14.0 Å². The van der Waals surface area contributed by atoms with Crippen LogP contribution in [0.2, 0.25) is 0 Å². The van der Waals surface area contributed by atoms with Crippen molar-refractivity contribution in [2.75, 3.05) is 19.3 Å². The van der Waals surface area contributed by atoms with E-state index in [0.717, 1.165) is 0 Å². The van der Waals surface area contributed by atoms with Crippen molar-refractivity contribution in [2.24, 2.45) is 0 Å². The molecule has 0 aromatic carbocycles. The number of nitrogens with one attached hydrogen (secondary N) is 2. The van der Waals surface area contributed by atoms with Gasteiger partial charge in [-0.1, -0.05) is 0 Å². The normalized spacial score (nSPS) is 9.62. The van der Waals surface area contributed by atoms with Crippen molar-refractivity contribution in [3.8, 4) is 0 Å². The minimum atomic E-state index is -0.892. The van der Waals surface area contributed by atoms with Gasteiger partial charge in [-0.2, -0.15) is 0 Å². The average molecular weight is 226 g/mol. The number of hydrogen-bond acceptors (Lipinski definition) is 4. The van der Waals surface area contributed by atoms with Gasteiger partial charge < -0.3 is 16.4 Å². The fourth-order valence-electron chi connectivity index (χ4n) is 0.979. The molecule has 1 rings (SSSR count). The zero-order valence-corrected chi connectivity index (χ0v) is 8.58. The molecule has 6 nitrogen and oxygen atoms in total. The quantitative estimate of drug-likeness (QED) is 0.633. The molecule has 0 aliphatic rings. The molecule has 7 heteroatoms. The molecule has 0 aliphatic carbocycles. The molecule has 0 unspecified atom stereocenters. The molecule has 1 aromatic heterocycles. The van der Waals surface area contributed by atoms with Gasteiger partial charge in [0.15, 0.2) is 11.6 Å². The highest BCUT2D eigenvalue weighted by Gasteiger charge is 2.14. The van der Waals surface area contributed by atoms with E-state index in [1.165, 1.54) is 19.3 Å². The molecule has 0 spiro atoms. The van der Waals surface area contributed by atoms with Crippen LogP contribution in [0.4, 0.5) is 10.2 Å². The molecule has 1 heterocycles. The number of halogens is 1. The van der Waals surface area contributed by atoms with Crippen LogP contribution >= 0.6 is 0 Å². The number of amides is 2. The maximum Gasteiger partial charge on any atom is 0.254 e. The summed E-state index contributed by atoms with van der Waals surface area (Å²) < 4.78 is 13.3. The second kappa shape index (κ2) is 5.06. The van der Waals surface area contributed by atoms with Crippen molar-refractivity contribution in [3.63, 3.8) is 0 Å². The van der Waals surface area contributed by atoms with Gasteiger partial charge in [-0.05, 0) is 6.07 Å². The Morgan fingerprint density at radius 1 is 1.56 bits per heavy atom. The fraction of sp³-hybridized carbons (Fsp3) is 0.222. The number of carbonyl (C=O) groups excluding carboxylic acids is 2. The molecular formula is C9H11FN4O2. The van der Waals surface area contributed by atoms with Crippen molar-refractivity contribution in [1.29, 1.82) is 0 Å². The minimum absolute atomic E-state index is 0.225. The molecule has 2 amide bonds. The third kappa shape index (κ3) is 2.66. The van der Waals surface area contributed by atoms with Crippen LogP contribution < -0.4 is 16.4 Å². The number of nitrogens with two attached hydrogens (primary N) is 1. The third-order valence-electron chi connectivity index (χ3n) is 1.85. The lowest BCUT2D eigenvalue weighted by molar-refractivity contribution is -0.119. The zero-order valence-electron chi connectivity index (χ0n) is 8.58. The lowest BCUT2D eigenvalue weighted by Crippen LogP contribution is -2.35. The average Bonchev–Trinajstić information content (AvgIpc) is 2.29. The van der Waals surface area contributed by atoms with Gasteiger partial charge >= 0.3 is 0 Å². The van der Waals surface area contributed by atoms with Crippen molar-refractivity contribution < 1.29 is 14.0 Å². The summed E-state index contributed by atoms with van der Waals surface area (Å²) in [6.07, 6.45) is 1.22. The van der Waals surface area contributed by atoms with Gasteiger partial charge in [-0.3, -0.25) is 9.59 Å². The number of rotatable bonds is 3. The summed E-state index contributed by atoms with van der Waals surface area (Å²) in [5, 5.41) is 4.56. The Morgan fingerprint density at radius 3 is 2.88 bits per heavy atom. The molecule has 0 bridgehead atoms. The van der Waals surface area contributed by atoms with Crippen LogP contribution in [-0.2, 0) is 4.79 Å². The van der Waals surface area contributed by atoms with Crippen LogP contribution in [0.1, 0.15) is 10.4 Å². The summed E-state index contributed by atoms with van der Waals surface area (Å²) >= 11 is 0. The van der Waals surface area contributed by atoms with E-state index in [1.54, 1.807) is 0 Å². The van der Waals surface area contributed by atoms with Gasteiger partial charge in [0.2, 0.25) is 5.91 Å². The van der Waals surface area contributed by atoms with Gasteiger partial charge in [-0.15, -0.1) is 0 Å². The molecule has 0 saturated carbocycles. The molecule has 4 N–H and O–H groups in total. The maximum absolute atomic E-state index is 13.3. The standard InChI is InChI=1S/C9H11FN4O2/c1-12-6(15)4-14-9(16)5-2-3-13-8(11)7(5)10/h2-3H,4H2,1H3,(H2,11,13)(H,12,15)(H,14,16). The Labute approximate surface area is 91.0 Å². The van der Waals surface area contributed by atoms with Crippen LogP contribution in [0.25, 0.3) is 0 Å². The summed E-state index contributed by atoms with van der Waals surface area (Å²) in [5.74, 6) is -2.34. The van der Waals surface area contributed by atoms with E-state index in [0.29, 0.717) is 0 Å². The van der Waals surface area contributed by atoms with E-state index < -0.39 is 11.7 Å². The first-order valence-corrected chi connectivity index (χ1v) is 4.45. The van der Waals surface area contributed by atoms with Crippen molar-refractivity contribution >= 4 is 17.6 Å². The van der Waals surface area contributed by atoms with Gasteiger partial charge in [0.25, 0.3) is 5.91 Å². The van der Waals surface area contributed by atoms with Crippen LogP contribution in [0.15, 0.2) is 12.3 Å². The molecule has 1 aromatic rings. The predicted octanol–water partition coefficient (Wildman–Crippen LogP) is -0.721. The Kier molecular flexibility index (Phi) is 3.76.